The highest BCUT2D eigenvalue weighted by molar-refractivity contribution is 5.94. The first-order chi connectivity index (χ1) is 9.97. The lowest BCUT2D eigenvalue weighted by molar-refractivity contribution is 0.101. The number of ether oxygens (including phenoxy) is 1. The molecular weight excluding hydrogens is 264 g/mol. The van der Waals surface area contributed by atoms with Crippen LogP contribution in [0.3, 0.4) is 0 Å². The molecule has 1 aromatic rings. The maximum absolute atomic E-state index is 11.6. The normalized spacial score (nSPS) is 11.2. The van der Waals surface area contributed by atoms with Crippen LogP contribution in [0, 0.1) is 0 Å². The lowest BCUT2D eigenvalue weighted by atomic mass is 10.1. The number of ketones is 1. The number of hydrogen-bond donors (Lipinski definition) is 0. The Morgan fingerprint density at radius 3 is 2.43 bits per heavy atom. The number of nitrogens with zero attached hydrogens (tertiary/aromatic N) is 2. The van der Waals surface area contributed by atoms with E-state index in [1.54, 1.807) is 14.0 Å². The second kappa shape index (κ2) is 8.80. The molecule has 0 aliphatic carbocycles. The van der Waals surface area contributed by atoms with Crippen LogP contribution in [0.15, 0.2) is 18.2 Å². The SMILES string of the molecule is CCCN(CCN(C)C)Cc1cc(C(C)=O)ccc1OC. The molecule has 0 unspecified atom stereocenters. The van der Waals surface area contributed by atoms with E-state index in [-0.39, 0.29) is 5.78 Å². The van der Waals surface area contributed by atoms with Crippen molar-refractivity contribution in [2.75, 3.05) is 40.8 Å². The van der Waals surface area contributed by atoms with Gasteiger partial charge in [-0.15, -0.1) is 0 Å². The number of benzene rings is 1. The molecule has 0 bridgehead atoms. The molecule has 0 aliphatic heterocycles. The minimum absolute atomic E-state index is 0.0919. The van der Waals surface area contributed by atoms with E-state index in [0.29, 0.717) is 0 Å². The van der Waals surface area contributed by atoms with E-state index >= 15 is 0 Å². The average Bonchev–Trinajstić information content (AvgIpc) is 2.44. The maximum Gasteiger partial charge on any atom is 0.159 e. The zero-order chi connectivity index (χ0) is 15.8. The minimum atomic E-state index is 0.0919. The van der Waals surface area contributed by atoms with Gasteiger partial charge in [-0.1, -0.05) is 6.92 Å². The molecule has 1 rings (SSSR count). The lowest BCUT2D eigenvalue weighted by Crippen LogP contribution is -2.32. The molecule has 118 valence electrons. The van der Waals surface area contributed by atoms with E-state index in [0.717, 1.165) is 49.5 Å². The van der Waals surface area contributed by atoms with Crippen LogP contribution >= 0.6 is 0 Å². The summed E-state index contributed by atoms with van der Waals surface area (Å²) in [6.45, 7) is 7.67. The second-order valence-corrected chi connectivity index (χ2v) is 5.66. The molecule has 0 aromatic heterocycles. The van der Waals surface area contributed by atoms with Crippen molar-refractivity contribution < 1.29 is 9.53 Å². The molecule has 0 saturated heterocycles. The number of Topliss-reactive ketones (excluding diaryl/α,β-unsaturated/α-hetero) is 1. The van der Waals surface area contributed by atoms with Crippen molar-refractivity contribution in [1.29, 1.82) is 0 Å². The Morgan fingerprint density at radius 1 is 1.19 bits per heavy atom. The largest absolute Gasteiger partial charge is 0.496 e. The summed E-state index contributed by atoms with van der Waals surface area (Å²) in [5.41, 5.74) is 1.83. The van der Waals surface area contributed by atoms with Crippen LogP contribution in [0.2, 0.25) is 0 Å². The van der Waals surface area contributed by atoms with Gasteiger partial charge in [-0.25, -0.2) is 0 Å². The maximum atomic E-state index is 11.6. The van der Waals surface area contributed by atoms with Crippen molar-refractivity contribution in [3.8, 4) is 5.75 Å². The van der Waals surface area contributed by atoms with E-state index in [1.165, 1.54) is 0 Å². The minimum Gasteiger partial charge on any atom is -0.496 e. The third-order valence-electron chi connectivity index (χ3n) is 3.48. The predicted octanol–water partition coefficient (Wildman–Crippen LogP) is 2.67. The first kappa shape index (κ1) is 17.7. The fourth-order valence-electron chi connectivity index (χ4n) is 2.29. The lowest BCUT2D eigenvalue weighted by Gasteiger charge is -2.24. The van der Waals surface area contributed by atoms with Crippen molar-refractivity contribution in [2.45, 2.75) is 26.8 Å². The van der Waals surface area contributed by atoms with Crippen LogP contribution in [0.4, 0.5) is 0 Å². The zero-order valence-electron chi connectivity index (χ0n) is 14.0. The zero-order valence-corrected chi connectivity index (χ0v) is 14.0. The van der Waals surface area contributed by atoms with E-state index in [4.69, 9.17) is 4.74 Å². The fraction of sp³-hybridized carbons (Fsp3) is 0.588. The summed E-state index contributed by atoms with van der Waals surface area (Å²) in [7, 11) is 5.85. The summed E-state index contributed by atoms with van der Waals surface area (Å²) in [6.07, 6.45) is 1.11. The molecule has 4 nitrogen and oxygen atoms in total. The van der Waals surface area contributed by atoms with E-state index in [9.17, 15) is 4.79 Å². The molecule has 0 saturated carbocycles. The fourth-order valence-corrected chi connectivity index (χ4v) is 2.29. The number of carbonyl (C=O) groups is 1. The molecule has 1 aromatic carbocycles. The van der Waals surface area contributed by atoms with Gasteiger partial charge in [-0.2, -0.15) is 0 Å². The summed E-state index contributed by atoms with van der Waals surface area (Å²) in [5, 5.41) is 0. The quantitative estimate of drug-likeness (QED) is 0.655. The summed E-state index contributed by atoms with van der Waals surface area (Å²) in [5.74, 6) is 0.945. The van der Waals surface area contributed by atoms with Gasteiger partial charge >= 0.3 is 0 Å². The number of methoxy groups -OCH3 is 1. The Morgan fingerprint density at radius 2 is 1.90 bits per heavy atom. The predicted molar refractivity (Wildman–Crippen MR) is 87.1 cm³/mol. The van der Waals surface area contributed by atoms with Crippen LogP contribution in [0.5, 0.6) is 5.75 Å². The second-order valence-electron chi connectivity index (χ2n) is 5.66. The Bertz CT molecular complexity index is 458. The van der Waals surface area contributed by atoms with E-state index < -0.39 is 0 Å². The van der Waals surface area contributed by atoms with Crippen LogP contribution < -0.4 is 4.74 Å². The monoisotopic (exact) mass is 292 g/mol. The Balaban J connectivity index is 2.89. The average molecular weight is 292 g/mol. The molecule has 21 heavy (non-hydrogen) atoms. The topological polar surface area (TPSA) is 32.8 Å². The Labute approximate surface area is 128 Å². The first-order valence-corrected chi connectivity index (χ1v) is 7.52. The van der Waals surface area contributed by atoms with Gasteiger partial charge in [0.1, 0.15) is 5.75 Å². The van der Waals surface area contributed by atoms with Gasteiger partial charge in [0.2, 0.25) is 0 Å². The smallest absolute Gasteiger partial charge is 0.159 e. The number of likely N-dealkylation sites (N-methyl/N-ethyl adjacent to an activating group) is 1. The summed E-state index contributed by atoms with van der Waals surface area (Å²) >= 11 is 0. The summed E-state index contributed by atoms with van der Waals surface area (Å²) in [6, 6.07) is 5.68. The van der Waals surface area contributed by atoms with Crippen LogP contribution in [-0.4, -0.2) is 56.4 Å². The molecule has 0 amide bonds. The van der Waals surface area contributed by atoms with Gasteiger partial charge in [0, 0.05) is 30.8 Å². The standard InChI is InChI=1S/C17H28N2O2/c1-6-9-19(11-10-18(3)4)13-16-12-15(14(2)20)7-8-17(16)21-5/h7-8,12H,6,9-11,13H2,1-5H3. The first-order valence-electron chi connectivity index (χ1n) is 7.52. The number of carbonyl (C=O) groups excluding carboxylic acids is 1. The van der Waals surface area contributed by atoms with Crippen molar-refractivity contribution in [3.05, 3.63) is 29.3 Å². The van der Waals surface area contributed by atoms with Gasteiger partial charge in [0.05, 0.1) is 7.11 Å². The number of rotatable bonds is 9. The van der Waals surface area contributed by atoms with Gasteiger partial charge < -0.3 is 9.64 Å². The molecule has 4 heteroatoms. The van der Waals surface area contributed by atoms with Crippen molar-refractivity contribution in [1.82, 2.24) is 9.80 Å². The molecular formula is C17H28N2O2. The molecule has 0 spiro atoms. The van der Waals surface area contributed by atoms with Crippen molar-refractivity contribution in [3.63, 3.8) is 0 Å². The molecule has 0 aliphatic rings. The van der Waals surface area contributed by atoms with Gasteiger partial charge in [-0.05, 0) is 52.2 Å². The molecule has 0 radical (unpaired) electrons. The third-order valence-corrected chi connectivity index (χ3v) is 3.48. The molecule has 0 fully saturated rings. The Kier molecular flexibility index (Phi) is 7.40. The highest BCUT2D eigenvalue weighted by Gasteiger charge is 2.12. The number of hydrogen-bond acceptors (Lipinski definition) is 4. The molecule has 0 heterocycles. The van der Waals surface area contributed by atoms with E-state index in [1.807, 2.05) is 18.2 Å². The van der Waals surface area contributed by atoms with Gasteiger partial charge in [-0.3, -0.25) is 9.69 Å². The van der Waals surface area contributed by atoms with Crippen LogP contribution in [-0.2, 0) is 6.54 Å². The summed E-state index contributed by atoms with van der Waals surface area (Å²) < 4.78 is 5.44. The highest BCUT2D eigenvalue weighted by atomic mass is 16.5. The van der Waals surface area contributed by atoms with Gasteiger partial charge in [0.25, 0.3) is 0 Å². The van der Waals surface area contributed by atoms with Gasteiger partial charge in [0.15, 0.2) is 5.78 Å². The highest BCUT2D eigenvalue weighted by Crippen LogP contribution is 2.22. The Hall–Kier alpha value is -1.39. The van der Waals surface area contributed by atoms with Crippen molar-refractivity contribution in [2.24, 2.45) is 0 Å². The molecule has 0 N–H and O–H groups in total. The molecule has 0 atom stereocenters. The third kappa shape index (κ3) is 5.86. The van der Waals surface area contributed by atoms with Crippen LogP contribution in [0.1, 0.15) is 36.2 Å². The van der Waals surface area contributed by atoms with Crippen molar-refractivity contribution >= 4 is 5.78 Å². The van der Waals surface area contributed by atoms with E-state index in [2.05, 4.69) is 30.8 Å². The summed E-state index contributed by atoms with van der Waals surface area (Å²) in [4.78, 5) is 16.2. The van der Waals surface area contributed by atoms with Crippen LogP contribution in [0.25, 0.3) is 0 Å².